The van der Waals surface area contributed by atoms with Gasteiger partial charge in [0.05, 0.1) is 12.2 Å². The second-order valence-electron chi connectivity index (χ2n) is 9.01. The van der Waals surface area contributed by atoms with E-state index in [0.29, 0.717) is 43.3 Å². The highest BCUT2D eigenvalue weighted by Gasteiger charge is 2.34. The molecule has 1 fully saturated rings. The van der Waals surface area contributed by atoms with E-state index in [0.717, 1.165) is 36.8 Å². The summed E-state index contributed by atoms with van der Waals surface area (Å²) in [5.41, 5.74) is 1.56. The lowest BCUT2D eigenvalue weighted by atomic mass is 9.88. The summed E-state index contributed by atoms with van der Waals surface area (Å²) in [5.74, 6) is 0.503. The standard InChI is InChI=1S/C28H27F3N2O3/c29-28(30,31)20-7-5-8-21(19-20)33-16-14-32(15-17-33)13-6-18-35-27(34)26-22-9-1-3-11-24(22)36-25-12-4-2-10-23(25)26/h1-5,7-12,19,26H,6,13-18H2. The summed E-state index contributed by atoms with van der Waals surface area (Å²) in [5, 5.41) is 0. The minimum absolute atomic E-state index is 0.299. The fraction of sp³-hybridized carbons (Fsp3) is 0.321. The molecule has 2 aliphatic rings. The third-order valence-corrected chi connectivity index (χ3v) is 6.69. The van der Waals surface area contributed by atoms with Crippen molar-refractivity contribution in [2.24, 2.45) is 0 Å². The average Bonchev–Trinajstić information content (AvgIpc) is 2.89. The molecule has 36 heavy (non-hydrogen) atoms. The van der Waals surface area contributed by atoms with Crippen molar-refractivity contribution in [1.82, 2.24) is 4.90 Å². The Kier molecular flexibility index (Phi) is 6.87. The van der Waals surface area contributed by atoms with Crippen molar-refractivity contribution in [2.45, 2.75) is 18.5 Å². The van der Waals surface area contributed by atoms with Crippen LogP contribution in [-0.2, 0) is 15.7 Å². The zero-order chi connectivity index (χ0) is 25.1. The van der Waals surface area contributed by atoms with E-state index in [4.69, 9.17) is 9.47 Å². The van der Waals surface area contributed by atoms with Gasteiger partial charge in [-0.25, -0.2) is 0 Å². The number of carbonyl (C=O) groups excluding carboxylic acids is 1. The molecular weight excluding hydrogens is 469 g/mol. The molecule has 0 aromatic heterocycles. The van der Waals surface area contributed by atoms with Crippen LogP contribution < -0.4 is 9.64 Å². The molecule has 0 aliphatic carbocycles. The topological polar surface area (TPSA) is 42.0 Å². The van der Waals surface area contributed by atoms with Crippen molar-refractivity contribution in [2.75, 3.05) is 44.2 Å². The zero-order valence-corrected chi connectivity index (χ0v) is 19.7. The maximum Gasteiger partial charge on any atom is 0.416 e. The lowest BCUT2D eigenvalue weighted by Gasteiger charge is -2.36. The van der Waals surface area contributed by atoms with Crippen molar-refractivity contribution < 1.29 is 27.4 Å². The van der Waals surface area contributed by atoms with Crippen molar-refractivity contribution in [3.8, 4) is 11.5 Å². The molecule has 0 amide bonds. The van der Waals surface area contributed by atoms with Gasteiger partial charge in [0, 0.05) is 49.5 Å². The first-order valence-corrected chi connectivity index (χ1v) is 12.1. The number of carbonyl (C=O) groups is 1. The van der Waals surface area contributed by atoms with Gasteiger partial charge in [-0.05, 0) is 36.8 Å². The summed E-state index contributed by atoms with van der Waals surface area (Å²) in [6.45, 7) is 3.84. The predicted molar refractivity (Wildman–Crippen MR) is 130 cm³/mol. The molecule has 0 N–H and O–H groups in total. The number of alkyl halides is 3. The van der Waals surface area contributed by atoms with Crippen LogP contribution in [0.15, 0.2) is 72.8 Å². The van der Waals surface area contributed by atoms with E-state index in [9.17, 15) is 18.0 Å². The maximum atomic E-state index is 13.1. The number of hydrogen-bond donors (Lipinski definition) is 0. The molecule has 0 bridgehead atoms. The number of para-hydroxylation sites is 2. The molecule has 1 saturated heterocycles. The highest BCUT2D eigenvalue weighted by molar-refractivity contribution is 5.85. The van der Waals surface area contributed by atoms with Crippen LogP contribution in [0, 0.1) is 0 Å². The van der Waals surface area contributed by atoms with Gasteiger partial charge in [0.25, 0.3) is 0 Å². The third-order valence-electron chi connectivity index (χ3n) is 6.69. The van der Waals surface area contributed by atoms with E-state index < -0.39 is 17.7 Å². The summed E-state index contributed by atoms with van der Waals surface area (Å²) < 4.78 is 50.7. The molecule has 5 nitrogen and oxygen atoms in total. The van der Waals surface area contributed by atoms with Crippen LogP contribution in [0.3, 0.4) is 0 Å². The highest BCUT2D eigenvalue weighted by atomic mass is 19.4. The van der Waals surface area contributed by atoms with Crippen LogP contribution in [0.1, 0.15) is 29.0 Å². The minimum atomic E-state index is -4.34. The lowest BCUT2D eigenvalue weighted by Crippen LogP contribution is -2.46. The minimum Gasteiger partial charge on any atom is -0.465 e. The number of esters is 1. The third kappa shape index (κ3) is 5.18. The number of nitrogens with zero attached hydrogens (tertiary/aromatic N) is 2. The molecule has 5 rings (SSSR count). The molecule has 2 heterocycles. The summed E-state index contributed by atoms with van der Waals surface area (Å²) in [7, 11) is 0. The molecular formula is C28H27F3N2O3. The summed E-state index contributed by atoms with van der Waals surface area (Å²) in [6.07, 6.45) is -3.66. The first-order valence-electron chi connectivity index (χ1n) is 12.1. The van der Waals surface area contributed by atoms with Crippen LogP contribution in [0.25, 0.3) is 0 Å². The molecule has 0 spiro atoms. The van der Waals surface area contributed by atoms with Crippen molar-refractivity contribution in [1.29, 1.82) is 0 Å². The Morgan fingerprint density at radius 2 is 1.53 bits per heavy atom. The van der Waals surface area contributed by atoms with Crippen LogP contribution in [0.5, 0.6) is 11.5 Å². The van der Waals surface area contributed by atoms with E-state index in [1.165, 1.54) is 12.1 Å². The van der Waals surface area contributed by atoms with Crippen molar-refractivity contribution >= 4 is 11.7 Å². The van der Waals surface area contributed by atoms with Gasteiger partial charge in [0.2, 0.25) is 0 Å². The first-order chi connectivity index (χ1) is 17.4. The van der Waals surface area contributed by atoms with Gasteiger partial charge in [0.1, 0.15) is 17.4 Å². The van der Waals surface area contributed by atoms with Crippen LogP contribution in [-0.4, -0.2) is 50.2 Å². The fourth-order valence-electron chi connectivity index (χ4n) is 4.82. The van der Waals surface area contributed by atoms with Crippen LogP contribution in [0.4, 0.5) is 18.9 Å². The van der Waals surface area contributed by atoms with E-state index >= 15 is 0 Å². The Morgan fingerprint density at radius 1 is 0.889 bits per heavy atom. The van der Waals surface area contributed by atoms with E-state index in [1.54, 1.807) is 6.07 Å². The summed E-state index contributed by atoms with van der Waals surface area (Å²) >= 11 is 0. The van der Waals surface area contributed by atoms with Crippen molar-refractivity contribution in [3.63, 3.8) is 0 Å². The van der Waals surface area contributed by atoms with Gasteiger partial charge < -0.3 is 14.4 Å². The number of hydrogen-bond acceptors (Lipinski definition) is 5. The lowest BCUT2D eigenvalue weighted by molar-refractivity contribution is -0.144. The number of fused-ring (bicyclic) bond motifs is 2. The molecule has 0 unspecified atom stereocenters. The van der Waals surface area contributed by atoms with Gasteiger partial charge in [-0.3, -0.25) is 9.69 Å². The van der Waals surface area contributed by atoms with Crippen molar-refractivity contribution in [3.05, 3.63) is 89.5 Å². The SMILES string of the molecule is O=C(OCCCN1CCN(c2cccc(C(F)(F)F)c2)CC1)C1c2ccccc2Oc2ccccc21. The first kappa shape index (κ1) is 24.2. The smallest absolute Gasteiger partial charge is 0.416 e. The number of rotatable bonds is 6. The molecule has 2 aliphatic heterocycles. The van der Waals surface area contributed by atoms with Gasteiger partial charge in [-0.15, -0.1) is 0 Å². The van der Waals surface area contributed by atoms with Gasteiger partial charge in [-0.1, -0.05) is 42.5 Å². The quantitative estimate of drug-likeness (QED) is 0.324. The number of piperazine rings is 1. The van der Waals surface area contributed by atoms with Gasteiger partial charge >= 0.3 is 12.1 Å². The second kappa shape index (κ2) is 10.2. The Morgan fingerprint density at radius 3 is 2.17 bits per heavy atom. The number of anilines is 1. The van der Waals surface area contributed by atoms with E-state index in [1.807, 2.05) is 53.4 Å². The molecule has 0 radical (unpaired) electrons. The second-order valence-corrected chi connectivity index (χ2v) is 9.01. The van der Waals surface area contributed by atoms with Gasteiger partial charge in [0.15, 0.2) is 0 Å². The number of halogens is 3. The van der Waals surface area contributed by atoms with Crippen LogP contribution >= 0.6 is 0 Å². The molecule has 3 aromatic carbocycles. The maximum absolute atomic E-state index is 13.1. The molecule has 3 aromatic rings. The largest absolute Gasteiger partial charge is 0.465 e. The molecule has 0 atom stereocenters. The Bertz CT molecular complexity index is 1180. The fourth-order valence-corrected chi connectivity index (χ4v) is 4.82. The number of benzene rings is 3. The zero-order valence-electron chi connectivity index (χ0n) is 19.7. The molecule has 8 heteroatoms. The van der Waals surface area contributed by atoms with Gasteiger partial charge in [-0.2, -0.15) is 13.2 Å². The molecule has 188 valence electrons. The summed E-state index contributed by atoms with van der Waals surface area (Å²) in [6, 6.07) is 20.5. The van der Waals surface area contributed by atoms with E-state index in [2.05, 4.69) is 4.90 Å². The normalized spacial score (nSPS) is 16.1. The predicted octanol–water partition coefficient (Wildman–Crippen LogP) is 5.70. The molecule has 0 saturated carbocycles. The average molecular weight is 497 g/mol. The Labute approximate surface area is 208 Å². The summed E-state index contributed by atoms with van der Waals surface area (Å²) in [4.78, 5) is 17.3. The van der Waals surface area contributed by atoms with Crippen LogP contribution in [0.2, 0.25) is 0 Å². The monoisotopic (exact) mass is 496 g/mol. The highest BCUT2D eigenvalue weighted by Crippen LogP contribution is 2.44. The Balaban J connectivity index is 1.12. The number of ether oxygens (including phenoxy) is 2. The Hall–Kier alpha value is -3.52. The van der Waals surface area contributed by atoms with E-state index in [-0.39, 0.29) is 5.97 Å².